The first-order chi connectivity index (χ1) is 10.8. The lowest BCUT2D eigenvalue weighted by atomic mass is 10.1. The molecule has 0 bridgehead atoms. The first-order valence-corrected chi connectivity index (χ1v) is 7.12. The molecule has 3 atom stereocenters. The maximum Gasteiger partial charge on any atom is 0.352 e. The summed E-state index contributed by atoms with van der Waals surface area (Å²) in [5, 5.41) is 22.7. The Bertz CT molecular complexity index is 684. The summed E-state index contributed by atoms with van der Waals surface area (Å²) >= 11 is 0. The van der Waals surface area contributed by atoms with Gasteiger partial charge in [0.25, 0.3) is 0 Å². The number of nitrogens with zero attached hydrogens (tertiary/aromatic N) is 5. The molecule has 1 aliphatic rings. The molecule has 0 aliphatic carbocycles. The first kappa shape index (κ1) is 17.2. The van der Waals surface area contributed by atoms with Crippen molar-refractivity contribution in [2.24, 2.45) is 5.11 Å². The van der Waals surface area contributed by atoms with Crippen LogP contribution in [0.5, 0.6) is 5.88 Å². The van der Waals surface area contributed by atoms with Crippen LogP contribution in [-0.2, 0) is 4.74 Å². The fourth-order valence-electron chi connectivity index (χ4n) is 2.35. The van der Waals surface area contributed by atoms with E-state index < -0.39 is 30.4 Å². The Morgan fingerprint density at radius 3 is 2.96 bits per heavy atom. The highest BCUT2D eigenvalue weighted by molar-refractivity contribution is 5.21. The summed E-state index contributed by atoms with van der Waals surface area (Å²) in [6.45, 7) is 4.65. The van der Waals surface area contributed by atoms with Crippen molar-refractivity contribution in [1.29, 1.82) is 0 Å². The summed E-state index contributed by atoms with van der Waals surface area (Å²) in [7, 11) is 0. The van der Waals surface area contributed by atoms with Gasteiger partial charge in [-0.15, -0.1) is 0 Å². The molecular weight excluding hydrogens is 306 g/mol. The average molecular weight is 325 g/mol. The van der Waals surface area contributed by atoms with Gasteiger partial charge in [-0.05, 0) is 26.3 Å². The Balaban J connectivity index is 2.35. The van der Waals surface area contributed by atoms with Crippen LogP contribution < -0.4 is 10.4 Å². The van der Waals surface area contributed by atoms with Crippen LogP contribution in [0.15, 0.2) is 16.1 Å². The van der Waals surface area contributed by atoms with Crippen molar-refractivity contribution in [3.05, 3.63) is 32.7 Å². The minimum atomic E-state index is -1.81. The standard InChI is InChI=1S/C13H19N5O5/c1-7(2)22-11-8(3)5-18(12(21)15-11)10-4-9(20)13(6-19,23-10)16-17-14/h5,7,9-10,19-20H,4,6H2,1-3H3/t9-,10-,13+/m0/s1. The normalized spacial score (nSPS) is 27.0. The van der Waals surface area contributed by atoms with E-state index in [0.717, 1.165) is 0 Å². The molecule has 1 saturated heterocycles. The molecular formula is C13H19N5O5. The molecule has 2 heterocycles. The van der Waals surface area contributed by atoms with E-state index in [2.05, 4.69) is 15.0 Å². The van der Waals surface area contributed by atoms with E-state index in [0.29, 0.717) is 5.56 Å². The van der Waals surface area contributed by atoms with Gasteiger partial charge in [0.1, 0.15) is 6.23 Å². The second-order valence-electron chi connectivity index (χ2n) is 5.60. The fraction of sp³-hybridized carbons (Fsp3) is 0.692. The van der Waals surface area contributed by atoms with Crippen molar-refractivity contribution in [3.63, 3.8) is 0 Å². The molecule has 1 aromatic rings. The van der Waals surface area contributed by atoms with Crippen LogP contribution >= 0.6 is 0 Å². The topological polar surface area (TPSA) is 143 Å². The highest BCUT2D eigenvalue weighted by Gasteiger charge is 2.48. The predicted molar refractivity (Wildman–Crippen MR) is 78.7 cm³/mol. The molecule has 0 radical (unpaired) electrons. The SMILES string of the molecule is Cc1cn([C@@H]2C[C@H](O)[C@](CO)(N=[N+]=[N-])O2)c(=O)nc1OC(C)C. The zero-order valence-electron chi connectivity index (χ0n) is 13.1. The molecule has 2 rings (SSSR count). The second kappa shape index (κ2) is 6.55. The summed E-state index contributed by atoms with van der Waals surface area (Å²) in [4.78, 5) is 18.6. The van der Waals surface area contributed by atoms with Crippen LogP contribution in [-0.4, -0.2) is 44.3 Å². The number of aromatic nitrogens is 2. The van der Waals surface area contributed by atoms with Crippen LogP contribution in [0.25, 0.3) is 10.4 Å². The maximum absolute atomic E-state index is 12.2. The largest absolute Gasteiger partial charge is 0.475 e. The molecule has 0 spiro atoms. The van der Waals surface area contributed by atoms with Crippen molar-refractivity contribution < 1.29 is 19.7 Å². The third-order valence-corrected chi connectivity index (χ3v) is 3.47. The quantitative estimate of drug-likeness (QED) is 0.461. The van der Waals surface area contributed by atoms with Gasteiger partial charge >= 0.3 is 5.69 Å². The lowest BCUT2D eigenvalue weighted by Gasteiger charge is -2.24. The van der Waals surface area contributed by atoms with Gasteiger partial charge in [-0.1, -0.05) is 5.11 Å². The molecule has 0 aromatic carbocycles. The smallest absolute Gasteiger partial charge is 0.352 e. The minimum Gasteiger partial charge on any atom is -0.475 e. The molecule has 0 amide bonds. The van der Waals surface area contributed by atoms with Gasteiger partial charge in [-0.3, -0.25) is 4.57 Å². The third-order valence-electron chi connectivity index (χ3n) is 3.47. The van der Waals surface area contributed by atoms with Crippen LogP contribution in [0.3, 0.4) is 0 Å². The van der Waals surface area contributed by atoms with E-state index in [1.165, 1.54) is 10.8 Å². The number of hydrogen-bond acceptors (Lipinski definition) is 7. The van der Waals surface area contributed by atoms with Crippen molar-refractivity contribution in [2.75, 3.05) is 6.61 Å². The molecule has 1 aromatic heterocycles. The zero-order chi connectivity index (χ0) is 17.2. The lowest BCUT2D eigenvalue weighted by Crippen LogP contribution is -2.40. The van der Waals surface area contributed by atoms with Gasteiger partial charge in [-0.25, -0.2) is 4.79 Å². The number of azide groups is 1. The van der Waals surface area contributed by atoms with E-state index in [4.69, 9.17) is 15.0 Å². The van der Waals surface area contributed by atoms with Crippen LogP contribution in [0.2, 0.25) is 0 Å². The van der Waals surface area contributed by atoms with Crippen LogP contribution in [0, 0.1) is 6.92 Å². The molecule has 0 saturated carbocycles. The van der Waals surface area contributed by atoms with E-state index >= 15 is 0 Å². The van der Waals surface area contributed by atoms with E-state index in [1.54, 1.807) is 6.92 Å². The van der Waals surface area contributed by atoms with Crippen molar-refractivity contribution in [1.82, 2.24) is 9.55 Å². The molecule has 1 fully saturated rings. The highest BCUT2D eigenvalue weighted by atomic mass is 16.6. The second-order valence-corrected chi connectivity index (χ2v) is 5.60. The number of aliphatic hydroxyl groups is 2. The fourth-order valence-corrected chi connectivity index (χ4v) is 2.35. The Morgan fingerprint density at radius 2 is 2.39 bits per heavy atom. The molecule has 126 valence electrons. The van der Waals surface area contributed by atoms with E-state index in [1.807, 2.05) is 13.8 Å². The average Bonchev–Trinajstić information content (AvgIpc) is 2.80. The molecule has 1 aliphatic heterocycles. The van der Waals surface area contributed by atoms with Gasteiger partial charge in [-0.2, -0.15) is 4.98 Å². The molecule has 0 unspecified atom stereocenters. The van der Waals surface area contributed by atoms with Crippen molar-refractivity contribution in [3.8, 4) is 5.88 Å². The lowest BCUT2D eigenvalue weighted by molar-refractivity contribution is -0.124. The molecule has 2 N–H and O–H groups in total. The monoisotopic (exact) mass is 325 g/mol. The van der Waals surface area contributed by atoms with Crippen molar-refractivity contribution in [2.45, 2.75) is 51.4 Å². The molecule has 10 nitrogen and oxygen atoms in total. The summed E-state index contributed by atoms with van der Waals surface area (Å²) in [6, 6.07) is 0. The zero-order valence-corrected chi connectivity index (χ0v) is 13.1. The number of hydrogen-bond donors (Lipinski definition) is 2. The third kappa shape index (κ3) is 3.30. The van der Waals surface area contributed by atoms with Crippen LogP contribution in [0.4, 0.5) is 0 Å². The Labute approximate surface area is 131 Å². The van der Waals surface area contributed by atoms with Crippen molar-refractivity contribution >= 4 is 0 Å². The number of ether oxygens (including phenoxy) is 2. The predicted octanol–water partition coefficient (Wildman–Crippen LogP) is 0.618. The minimum absolute atomic E-state index is 0.0228. The van der Waals surface area contributed by atoms with E-state index in [9.17, 15) is 15.0 Å². The highest BCUT2D eigenvalue weighted by Crippen LogP contribution is 2.37. The van der Waals surface area contributed by atoms with Gasteiger partial charge in [0, 0.05) is 23.1 Å². The first-order valence-electron chi connectivity index (χ1n) is 7.12. The summed E-state index contributed by atoms with van der Waals surface area (Å²) in [5.41, 5.74) is 6.76. The Morgan fingerprint density at radius 1 is 1.70 bits per heavy atom. The number of aliphatic hydroxyl groups excluding tert-OH is 2. The Hall–Kier alpha value is -2.13. The van der Waals surface area contributed by atoms with Gasteiger partial charge in [0.2, 0.25) is 5.88 Å². The van der Waals surface area contributed by atoms with Crippen LogP contribution in [0.1, 0.15) is 32.1 Å². The Kier molecular flexibility index (Phi) is 4.90. The summed E-state index contributed by atoms with van der Waals surface area (Å²) in [5.74, 6) is 0.225. The number of aryl methyl sites for hydroxylation is 1. The van der Waals surface area contributed by atoms with E-state index in [-0.39, 0.29) is 18.4 Å². The summed E-state index contributed by atoms with van der Waals surface area (Å²) in [6.07, 6.45) is -0.812. The van der Waals surface area contributed by atoms with Gasteiger partial charge < -0.3 is 19.7 Å². The number of rotatable bonds is 5. The maximum atomic E-state index is 12.2. The van der Waals surface area contributed by atoms with Gasteiger partial charge in [0.05, 0.1) is 18.8 Å². The van der Waals surface area contributed by atoms with Gasteiger partial charge in [0.15, 0.2) is 5.72 Å². The molecule has 10 heteroatoms. The summed E-state index contributed by atoms with van der Waals surface area (Å²) < 4.78 is 12.1. The molecule has 23 heavy (non-hydrogen) atoms.